The summed E-state index contributed by atoms with van der Waals surface area (Å²) in [7, 11) is 0. The van der Waals surface area contributed by atoms with Crippen molar-refractivity contribution in [3.05, 3.63) is 48.0 Å². The van der Waals surface area contributed by atoms with Crippen LogP contribution in [0.2, 0.25) is 0 Å². The summed E-state index contributed by atoms with van der Waals surface area (Å²) < 4.78 is 0. The van der Waals surface area contributed by atoms with Crippen LogP contribution < -0.4 is 4.90 Å². The number of fused-ring (bicyclic) bond motifs is 2. The van der Waals surface area contributed by atoms with E-state index in [1.54, 1.807) is 11.8 Å². The van der Waals surface area contributed by atoms with E-state index < -0.39 is 6.10 Å². The molecule has 1 aliphatic heterocycles. The van der Waals surface area contributed by atoms with Gasteiger partial charge in [-0.3, -0.25) is 0 Å². The molecule has 0 spiro atoms. The maximum Gasteiger partial charge on any atom is 0.0849 e. The molecule has 0 aliphatic carbocycles. The molecule has 1 unspecified atom stereocenters. The van der Waals surface area contributed by atoms with E-state index in [4.69, 9.17) is 0 Å². The van der Waals surface area contributed by atoms with Gasteiger partial charge in [-0.15, -0.1) is 0 Å². The van der Waals surface area contributed by atoms with Crippen LogP contribution >= 0.6 is 11.8 Å². The highest BCUT2D eigenvalue weighted by atomic mass is 32.2. The smallest absolute Gasteiger partial charge is 0.0849 e. The molecule has 0 bridgehead atoms. The number of hydrogen-bond donors (Lipinski definition) is 1. The average Bonchev–Trinajstić information content (AvgIpc) is 2.50. The first-order valence-corrected chi connectivity index (χ1v) is 8.60. The van der Waals surface area contributed by atoms with Crippen molar-refractivity contribution in [2.24, 2.45) is 5.41 Å². The van der Waals surface area contributed by atoms with Crippen molar-refractivity contribution in [3.63, 3.8) is 0 Å². The molecule has 3 rings (SSSR count). The lowest BCUT2D eigenvalue weighted by atomic mass is 9.84. The number of hydrogen-bond acceptors (Lipinski definition) is 3. The Labute approximate surface area is 137 Å². The quantitative estimate of drug-likeness (QED) is 0.804. The van der Waals surface area contributed by atoms with Gasteiger partial charge in [0.25, 0.3) is 0 Å². The van der Waals surface area contributed by atoms with Crippen molar-refractivity contribution in [2.45, 2.75) is 43.6 Å². The fourth-order valence-corrected chi connectivity index (χ4v) is 4.12. The molecule has 0 amide bonds. The zero-order chi connectivity index (χ0) is 15.9. The van der Waals surface area contributed by atoms with Gasteiger partial charge in [0.1, 0.15) is 0 Å². The summed E-state index contributed by atoms with van der Waals surface area (Å²) in [5.41, 5.74) is 3.31. The highest BCUT2D eigenvalue weighted by molar-refractivity contribution is 7.99. The van der Waals surface area contributed by atoms with Crippen LogP contribution in [-0.4, -0.2) is 11.7 Å². The number of rotatable bonds is 2. The van der Waals surface area contributed by atoms with E-state index in [-0.39, 0.29) is 5.41 Å². The van der Waals surface area contributed by atoms with Crippen LogP contribution in [0.5, 0.6) is 0 Å². The van der Waals surface area contributed by atoms with Crippen molar-refractivity contribution in [1.29, 1.82) is 0 Å². The third-order valence-corrected chi connectivity index (χ3v) is 5.33. The first-order valence-electron chi connectivity index (χ1n) is 7.79. The van der Waals surface area contributed by atoms with Crippen molar-refractivity contribution in [3.8, 4) is 0 Å². The van der Waals surface area contributed by atoms with Crippen LogP contribution in [0.25, 0.3) is 0 Å². The fourth-order valence-electron chi connectivity index (χ4n) is 2.89. The van der Waals surface area contributed by atoms with Gasteiger partial charge in [-0.1, -0.05) is 56.8 Å². The monoisotopic (exact) mass is 313 g/mol. The van der Waals surface area contributed by atoms with Crippen LogP contribution in [0.4, 0.5) is 11.4 Å². The van der Waals surface area contributed by atoms with E-state index in [9.17, 15) is 5.11 Å². The third-order valence-electron chi connectivity index (χ3n) is 4.11. The van der Waals surface area contributed by atoms with Gasteiger partial charge in [0.2, 0.25) is 0 Å². The number of aliphatic hydroxyl groups excluding tert-OH is 1. The van der Waals surface area contributed by atoms with E-state index in [1.807, 2.05) is 0 Å². The number of benzene rings is 2. The second-order valence-electron chi connectivity index (χ2n) is 6.78. The topological polar surface area (TPSA) is 23.5 Å². The Hall–Kier alpha value is -1.45. The summed E-state index contributed by atoms with van der Waals surface area (Å²) in [6.45, 7) is 9.32. The molecular weight excluding hydrogens is 290 g/mol. The van der Waals surface area contributed by atoms with Crippen LogP contribution in [-0.2, 0) is 0 Å². The highest BCUT2D eigenvalue weighted by Gasteiger charge is 2.30. The average molecular weight is 313 g/mol. The van der Waals surface area contributed by atoms with E-state index in [2.05, 4.69) is 75.1 Å². The molecule has 0 fully saturated rings. The van der Waals surface area contributed by atoms with Crippen molar-refractivity contribution in [2.75, 3.05) is 11.4 Å². The number of anilines is 2. The SMILES string of the molecule is CCN1c2ccccc2Sc2c(C(O)C(C)(C)C)cccc21. The molecule has 3 heteroatoms. The Balaban J connectivity index is 2.15. The second kappa shape index (κ2) is 5.64. The minimum absolute atomic E-state index is 0.177. The molecule has 2 aromatic rings. The molecule has 1 N–H and O–H groups in total. The lowest BCUT2D eigenvalue weighted by Crippen LogP contribution is -2.23. The maximum absolute atomic E-state index is 10.8. The molecular formula is C19H23NOS. The Morgan fingerprint density at radius 2 is 1.73 bits per heavy atom. The molecule has 1 atom stereocenters. The van der Waals surface area contributed by atoms with Gasteiger partial charge in [-0.05, 0) is 36.1 Å². The zero-order valence-electron chi connectivity index (χ0n) is 13.6. The van der Waals surface area contributed by atoms with Crippen LogP contribution in [0.1, 0.15) is 39.4 Å². The second-order valence-corrected chi connectivity index (χ2v) is 7.83. The van der Waals surface area contributed by atoms with E-state index >= 15 is 0 Å². The largest absolute Gasteiger partial charge is 0.388 e. The molecule has 22 heavy (non-hydrogen) atoms. The molecule has 2 aromatic carbocycles. The van der Waals surface area contributed by atoms with Crippen LogP contribution in [0.15, 0.2) is 52.3 Å². The minimum atomic E-state index is -0.473. The summed E-state index contributed by atoms with van der Waals surface area (Å²) in [5.74, 6) is 0. The summed E-state index contributed by atoms with van der Waals surface area (Å²) in [5, 5.41) is 10.8. The Morgan fingerprint density at radius 1 is 1.05 bits per heavy atom. The molecule has 2 nitrogen and oxygen atoms in total. The molecule has 0 saturated carbocycles. The maximum atomic E-state index is 10.8. The number of nitrogens with zero attached hydrogens (tertiary/aromatic N) is 1. The number of para-hydroxylation sites is 1. The highest BCUT2D eigenvalue weighted by Crippen LogP contribution is 2.51. The molecule has 0 saturated heterocycles. The minimum Gasteiger partial charge on any atom is -0.388 e. The molecule has 0 aromatic heterocycles. The van der Waals surface area contributed by atoms with Gasteiger partial charge in [0.15, 0.2) is 0 Å². The van der Waals surface area contributed by atoms with Crippen molar-refractivity contribution in [1.82, 2.24) is 0 Å². The van der Waals surface area contributed by atoms with Gasteiger partial charge in [-0.25, -0.2) is 0 Å². The third kappa shape index (κ3) is 2.53. The predicted molar refractivity (Wildman–Crippen MR) is 94.1 cm³/mol. The summed E-state index contributed by atoms with van der Waals surface area (Å²) in [6, 6.07) is 14.8. The Kier molecular flexibility index (Phi) is 3.96. The first kappa shape index (κ1) is 15.4. The van der Waals surface area contributed by atoms with Crippen molar-refractivity contribution >= 4 is 23.1 Å². The first-order chi connectivity index (χ1) is 10.4. The summed E-state index contributed by atoms with van der Waals surface area (Å²) in [6.07, 6.45) is -0.473. The standard InChI is InChI=1S/C19H23NOS/c1-5-20-14-10-6-7-12-16(14)22-17-13(9-8-11-15(17)20)18(21)19(2,3)4/h6-12,18,21H,5H2,1-4H3. The Morgan fingerprint density at radius 3 is 2.41 bits per heavy atom. The van der Waals surface area contributed by atoms with Crippen molar-refractivity contribution < 1.29 is 5.11 Å². The Bertz CT molecular complexity index is 690. The number of aliphatic hydroxyl groups is 1. The molecule has 1 heterocycles. The van der Waals surface area contributed by atoms with Gasteiger partial charge < -0.3 is 10.0 Å². The van der Waals surface area contributed by atoms with E-state index in [0.29, 0.717) is 0 Å². The van der Waals surface area contributed by atoms with Crippen LogP contribution in [0, 0.1) is 5.41 Å². The fraction of sp³-hybridized carbons (Fsp3) is 0.368. The van der Waals surface area contributed by atoms with Gasteiger partial charge in [-0.2, -0.15) is 0 Å². The lowest BCUT2D eigenvalue weighted by molar-refractivity contribution is 0.0605. The van der Waals surface area contributed by atoms with E-state index in [0.717, 1.165) is 12.1 Å². The molecule has 1 aliphatic rings. The molecule has 116 valence electrons. The van der Waals surface area contributed by atoms with E-state index in [1.165, 1.54) is 21.2 Å². The lowest BCUT2D eigenvalue weighted by Gasteiger charge is -2.35. The summed E-state index contributed by atoms with van der Waals surface area (Å²) >= 11 is 1.77. The normalized spacial score (nSPS) is 15.2. The molecule has 0 radical (unpaired) electrons. The zero-order valence-corrected chi connectivity index (χ0v) is 14.4. The van der Waals surface area contributed by atoms with Crippen LogP contribution in [0.3, 0.4) is 0 Å². The summed E-state index contributed by atoms with van der Waals surface area (Å²) in [4.78, 5) is 4.77. The predicted octanol–water partition coefficient (Wildman–Crippen LogP) is 5.39. The van der Waals surface area contributed by atoms with Gasteiger partial charge >= 0.3 is 0 Å². The van der Waals surface area contributed by atoms with Gasteiger partial charge in [0, 0.05) is 16.3 Å². The van der Waals surface area contributed by atoms with Gasteiger partial charge in [0.05, 0.1) is 17.5 Å².